The third-order valence-electron chi connectivity index (χ3n) is 4.22. The van der Waals surface area contributed by atoms with Crippen LogP contribution in [0, 0.1) is 5.82 Å². The van der Waals surface area contributed by atoms with Gasteiger partial charge in [0.2, 0.25) is 10.0 Å². The summed E-state index contributed by atoms with van der Waals surface area (Å²) in [6.45, 7) is -0.106. The first-order valence-electron chi connectivity index (χ1n) is 7.40. The molecule has 3 nitrogen and oxygen atoms in total. The van der Waals surface area contributed by atoms with Gasteiger partial charge in [0.1, 0.15) is 5.82 Å². The minimum absolute atomic E-state index is 0.106. The van der Waals surface area contributed by atoms with Crippen LogP contribution in [0.5, 0.6) is 0 Å². The minimum atomic E-state index is -3.68. The van der Waals surface area contributed by atoms with Crippen LogP contribution in [-0.4, -0.2) is 19.8 Å². The number of hydrogen-bond acceptors (Lipinski definition) is 2. The van der Waals surface area contributed by atoms with Gasteiger partial charge in [-0.15, -0.1) is 0 Å². The zero-order chi connectivity index (χ0) is 16.6. The van der Waals surface area contributed by atoms with E-state index in [4.69, 9.17) is 11.6 Å². The van der Waals surface area contributed by atoms with Crippen LogP contribution in [0.15, 0.2) is 41.3 Å². The lowest BCUT2D eigenvalue weighted by Crippen LogP contribution is -2.27. The van der Waals surface area contributed by atoms with Crippen LogP contribution in [-0.2, 0) is 29.4 Å². The Balaban J connectivity index is 1.90. The van der Waals surface area contributed by atoms with E-state index in [-0.39, 0.29) is 22.0 Å². The molecule has 0 aromatic heterocycles. The van der Waals surface area contributed by atoms with E-state index in [1.54, 1.807) is 18.2 Å². The Morgan fingerprint density at radius 2 is 1.91 bits per heavy atom. The summed E-state index contributed by atoms with van der Waals surface area (Å²) < 4.78 is 40.4. The highest BCUT2D eigenvalue weighted by atomic mass is 35.5. The topological polar surface area (TPSA) is 37.4 Å². The molecule has 23 heavy (non-hydrogen) atoms. The van der Waals surface area contributed by atoms with Crippen LogP contribution < -0.4 is 0 Å². The predicted molar refractivity (Wildman–Crippen MR) is 88.5 cm³/mol. The molecule has 1 aliphatic carbocycles. The van der Waals surface area contributed by atoms with E-state index in [2.05, 4.69) is 0 Å². The second kappa shape index (κ2) is 6.23. The van der Waals surface area contributed by atoms with Gasteiger partial charge in [-0.2, -0.15) is 4.31 Å². The number of aryl methyl sites for hydroxylation is 2. The number of halogens is 2. The Bertz CT molecular complexity index is 831. The molecule has 0 amide bonds. The van der Waals surface area contributed by atoms with Gasteiger partial charge < -0.3 is 0 Å². The molecular formula is C17H17ClFNO2S. The van der Waals surface area contributed by atoms with Gasteiger partial charge >= 0.3 is 0 Å². The van der Waals surface area contributed by atoms with E-state index in [1.165, 1.54) is 24.7 Å². The first kappa shape index (κ1) is 16.4. The third-order valence-corrected chi connectivity index (χ3v) is 6.37. The monoisotopic (exact) mass is 353 g/mol. The van der Waals surface area contributed by atoms with Crippen LogP contribution in [0.25, 0.3) is 0 Å². The number of rotatable bonds is 4. The van der Waals surface area contributed by atoms with Crippen molar-refractivity contribution in [1.29, 1.82) is 0 Å². The summed E-state index contributed by atoms with van der Waals surface area (Å²) in [5.41, 5.74) is 2.48. The maximum atomic E-state index is 13.9. The summed E-state index contributed by atoms with van der Waals surface area (Å²) in [7, 11) is -2.25. The summed E-state index contributed by atoms with van der Waals surface area (Å²) in [5.74, 6) is -0.506. The molecule has 0 bridgehead atoms. The van der Waals surface area contributed by atoms with Crippen molar-refractivity contribution in [2.75, 3.05) is 7.05 Å². The predicted octanol–water partition coefficient (Wildman–Crippen LogP) is 3.79. The van der Waals surface area contributed by atoms with E-state index in [0.717, 1.165) is 29.1 Å². The van der Waals surface area contributed by atoms with Crippen molar-refractivity contribution in [3.05, 3.63) is 63.9 Å². The molecule has 1 aliphatic rings. The SMILES string of the molecule is CN(Cc1c(F)cccc1Cl)S(=O)(=O)c1ccc2c(c1)CCC2. The number of nitrogens with zero attached hydrogens (tertiary/aromatic N) is 1. The third kappa shape index (κ3) is 3.13. The molecule has 0 saturated heterocycles. The van der Waals surface area contributed by atoms with Crippen LogP contribution in [0.1, 0.15) is 23.1 Å². The molecule has 3 rings (SSSR count). The molecule has 0 radical (unpaired) electrons. The smallest absolute Gasteiger partial charge is 0.207 e. The molecule has 0 fully saturated rings. The summed E-state index contributed by atoms with van der Waals surface area (Å²) in [6, 6.07) is 9.55. The van der Waals surface area contributed by atoms with Gasteiger partial charge in [0, 0.05) is 24.2 Å². The number of sulfonamides is 1. The van der Waals surface area contributed by atoms with Crippen molar-refractivity contribution in [3.8, 4) is 0 Å². The van der Waals surface area contributed by atoms with Crippen molar-refractivity contribution >= 4 is 21.6 Å². The highest BCUT2D eigenvalue weighted by Crippen LogP contribution is 2.27. The van der Waals surface area contributed by atoms with Crippen molar-refractivity contribution in [2.45, 2.75) is 30.7 Å². The summed E-state index contributed by atoms with van der Waals surface area (Å²) in [6.07, 6.45) is 2.96. The maximum Gasteiger partial charge on any atom is 0.243 e. The van der Waals surface area contributed by atoms with Gasteiger partial charge in [0.25, 0.3) is 0 Å². The second-order valence-corrected chi connectivity index (χ2v) is 8.20. The van der Waals surface area contributed by atoms with E-state index < -0.39 is 15.8 Å². The van der Waals surface area contributed by atoms with Gasteiger partial charge in [-0.1, -0.05) is 23.7 Å². The minimum Gasteiger partial charge on any atom is -0.207 e. The lowest BCUT2D eigenvalue weighted by molar-refractivity contribution is 0.456. The van der Waals surface area contributed by atoms with Crippen LogP contribution in [0.3, 0.4) is 0 Å². The molecular weight excluding hydrogens is 337 g/mol. The Morgan fingerprint density at radius 1 is 1.17 bits per heavy atom. The molecule has 0 aliphatic heterocycles. The quantitative estimate of drug-likeness (QED) is 0.838. The van der Waals surface area contributed by atoms with Gasteiger partial charge in [0.15, 0.2) is 0 Å². The maximum absolute atomic E-state index is 13.9. The fourth-order valence-electron chi connectivity index (χ4n) is 2.88. The van der Waals surface area contributed by atoms with Crippen LogP contribution in [0.4, 0.5) is 4.39 Å². The molecule has 6 heteroatoms. The van der Waals surface area contributed by atoms with Crippen LogP contribution in [0.2, 0.25) is 5.02 Å². The largest absolute Gasteiger partial charge is 0.243 e. The standard InChI is InChI=1S/C17H17ClFNO2S/c1-20(11-15-16(18)6-3-7-17(15)19)23(21,22)14-9-8-12-4-2-5-13(12)10-14/h3,6-10H,2,4-5,11H2,1H3. The zero-order valence-corrected chi connectivity index (χ0v) is 14.3. The fraction of sp³-hybridized carbons (Fsp3) is 0.294. The molecule has 0 spiro atoms. The highest BCUT2D eigenvalue weighted by Gasteiger charge is 2.24. The van der Waals surface area contributed by atoms with Gasteiger partial charge in [-0.25, -0.2) is 12.8 Å². The first-order valence-corrected chi connectivity index (χ1v) is 9.22. The van der Waals surface area contributed by atoms with Gasteiger partial charge in [0.05, 0.1) is 4.90 Å². The Kier molecular flexibility index (Phi) is 4.45. The number of benzene rings is 2. The molecule has 0 atom stereocenters. The van der Waals surface area contributed by atoms with Crippen molar-refractivity contribution in [1.82, 2.24) is 4.31 Å². The summed E-state index contributed by atoms with van der Waals surface area (Å²) in [5, 5.41) is 0.223. The van der Waals surface area contributed by atoms with E-state index in [9.17, 15) is 12.8 Å². The van der Waals surface area contributed by atoms with Crippen molar-refractivity contribution < 1.29 is 12.8 Å². The lowest BCUT2D eigenvalue weighted by Gasteiger charge is -2.19. The van der Waals surface area contributed by atoms with Crippen molar-refractivity contribution in [2.24, 2.45) is 0 Å². The number of fused-ring (bicyclic) bond motifs is 1. The average Bonchev–Trinajstić information content (AvgIpc) is 2.98. The Morgan fingerprint density at radius 3 is 2.65 bits per heavy atom. The molecule has 0 heterocycles. The molecule has 2 aromatic rings. The van der Waals surface area contributed by atoms with Gasteiger partial charge in [-0.3, -0.25) is 0 Å². The van der Waals surface area contributed by atoms with E-state index >= 15 is 0 Å². The normalized spacial score (nSPS) is 14.3. The summed E-state index contributed by atoms with van der Waals surface area (Å²) >= 11 is 5.98. The van der Waals surface area contributed by atoms with E-state index in [0.29, 0.717) is 0 Å². The van der Waals surface area contributed by atoms with Crippen molar-refractivity contribution in [3.63, 3.8) is 0 Å². The zero-order valence-electron chi connectivity index (χ0n) is 12.7. The highest BCUT2D eigenvalue weighted by molar-refractivity contribution is 7.89. The molecule has 0 saturated carbocycles. The molecule has 0 unspecified atom stereocenters. The summed E-state index contributed by atoms with van der Waals surface area (Å²) in [4.78, 5) is 0.244. The molecule has 2 aromatic carbocycles. The Hall–Kier alpha value is -1.43. The average molecular weight is 354 g/mol. The molecule has 0 N–H and O–H groups in total. The van der Waals surface area contributed by atoms with E-state index in [1.807, 2.05) is 6.07 Å². The Labute approximate surface area is 140 Å². The first-order chi connectivity index (χ1) is 10.9. The molecule has 122 valence electrons. The number of hydrogen-bond donors (Lipinski definition) is 0. The fourth-order valence-corrected chi connectivity index (χ4v) is 4.29. The second-order valence-electron chi connectivity index (χ2n) is 5.75. The lowest BCUT2D eigenvalue weighted by atomic mass is 10.1. The van der Waals surface area contributed by atoms with Crippen LogP contribution >= 0.6 is 11.6 Å². The van der Waals surface area contributed by atoms with Gasteiger partial charge in [-0.05, 0) is 54.7 Å².